The summed E-state index contributed by atoms with van der Waals surface area (Å²) in [7, 11) is 0. The lowest BCUT2D eigenvalue weighted by Crippen LogP contribution is -2.21. The molecule has 0 saturated heterocycles. The van der Waals surface area contributed by atoms with Gasteiger partial charge in [-0.25, -0.2) is 0 Å². The summed E-state index contributed by atoms with van der Waals surface area (Å²) in [5, 5.41) is 11.2. The van der Waals surface area contributed by atoms with Gasteiger partial charge in [-0.1, -0.05) is 6.42 Å². The van der Waals surface area contributed by atoms with Crippen LogP contribution >= 0.6 is 11.3 Å². The van der Waals surface area contributed by atoms with Crippen molar-refractivity contribution in [2.75, 3.05) is 6.54 Å². The van der Waals surface area contributed by atoms with E-state index < -0.39 is 5.97 Å². The Morgan fingerprint density at radius 3 is 2.74 bits per heavy atom. The average Bonchev–Trinajstić information content (AvgIpc) is 2.76. The van der Waals surface area contributed by atoms with Crippen molar-refractivity contribution in [2.24, 2.45) is 0 Å². The fourth-order valence-electron chi connectivity index (χ4n) is 1.55. The van der Waals surface area contributed by atoms with Crippen LogP contribution < -0.4 is 5.32 Å². The van der Waals surface area contributed by atoms with Gasteiger partial charge in [0.05, 0.1) is 0 Å². The van der Waals surface area contributed by atoms with Gasteiger partial charge in [0, 0.05) is 28.8 Å². The van der Waals surface area contributed by atoms with Gasteiger partial charge in [-0.15, -0.1) is 11.3 Å². The largest absolute Gasteiger partial charge is 0.481 e. The van der Waals surface area contributed by atoms with Crippen LogP contribution in [0.15, 0.2) is 18.2 Å². The number of carboxylic acid groups (broad SMARTS) is 1. The summed E-state index contributed by atoms with van der Waals surface area (Å²) in [4.78, 5) is 24.0. The van der Waals surface area contributed by atoms with Gasteiger partial charge in [-0.2, -0.15) is 0 Å². The molecule has 1 aromatic rings. The summed E-state index contributed by atoms with van der Waals surface area (Å²) in [5.74, 6) is -0.873. The zero-order valence-electron chi connectivity index (χ0n) is 11.0. The summed E-state index contributed by atoms with van der Waals surface area (Å²) in [6.07, 6.45) is 5.83. The standard InChI is InChI=1S/C14H19NO3S/c1-11-6-7-12(19-11)8-9-13(16)15-10-4-2-3-5-14(17)18/h6-9H,2-5,10H2,1H3,(H,15,16)(H,17,18)/b9-8+. The average molecular weight is 281 g/mol. The van der Waals surface area contributed by atoms with Gasteiger partial charge in [0.1, 0.15) is 0 Å². The third-order valence-corrected chi connectivity index (χ3v) is 3.49. The van der Waals surface area contributed by atoms with E-state index in [1.54, 1.807) is 17.4 Å². The fourth-order valence-corrected chi connectivity index (χ4v) is 2.33. The van der Waals surface area contributed by atoms with Crippen molar-refractivity contribution in [3.63, 3.8) is 0 Å². The molecule has 1 aromatic heterocycles. The lowest BCUT2D eigenvalue weighted by Gasteiger charge is -2.01. The Hall–Kier alpha value is -1.62. The number of carbonyl (C=O) groups excluding carboxylic acids is 1. The van der Waals surface area contributed by atoms with Gasteiger partial charge in [0.15, 0.2) is 0 Å². The van der Waals surface area contributed by atoms with Crippen molar-refractivity contribution < 1.29 is 14.7 Å². The summed E-state index contributed by atoms with van der Waals surface area (Å²) in [6, 6.07) is 4.00. The Morgan fingerprint density at radius 1 is 1.32 bits per heavy atom. The first-order valence-corrected chi connectivity index (χ1v) is 7.14. The molecule has 19 heavy (non-hydrogen) atoms. The molecular formula is C14H19NO3S. The third-order valence-electron chi connectivity index (χ3n) is 2.53. The van der Waals surface area contributed by atoms with E-state index in [2.05, 4.69) is 5.32 Å². The predicted octanol–water partition coefficient (Wildman–Crippen LogP) is 2.83. The van der Waals surface area contributed by atoms with Gasteiger partial charge in [-0.05, 0) is 38.0 Å². The number of hydrogen-bond acceptors (Lipinski definition) is 3. The first-order valence-electron chi connectivity index (χ1n) is 6.32. The van der Waals surface area contributed by atoms with Crippen molar-refractivity contribution in [2.45, 2.75) is 32.6 Å². The van der Waals surface area contributed by atoms with Gasteiger partial charge in [0.2, 0.25) is 5.91 Å². The number of nitrogens with one attached hydrogen (secondary N) is 1. The van der Waals surface area contributed by atoms with E-state index in [0.29, 0.717) is 13.0 Å². The molecule has 0 spiro atoms. The molecule has 1 amide bonds. The number of hydrogen-bond donors (Lipinski definition) is 2. The molecule has 0 aliphatic heterocycles. The Kier molecular flexibility index (Phi) is 6.89. The highest BCUT2D eigenvalue weighted by Crippen LogP contribution is 2.16. The van der Waals surface area contributed by atoms with Crippen molar-refractivity contribution in [1.82, 2.24) is 5.32 Å². The molecule has 5 heteroatoms. The number of amides is 1. The van der Waals surface area contributed by atoms with E-state index >= 15 is 0 Å². The Bertz CT molecular complexity index is 451. The highest BCUT2D eigenvalue weighted by Gasteiger charge is 1.98. The number of carboxylic acids is 1. The second-order valence-electron chi connectivity index (χ2n) is 4.28. The molecule has 0 aliphatic rings. The van der Waals surface area contributed by atoms with Crippen LogP contribution in [-0.2, 0) is 9.59 Å². The maximum Gasteiger partial charge on any atom is 0.303 e. The molecule has 1 rings (SSSR count). The van der Waals surface area contributed by atoms with E-state index in [1.807, 2.05) is 19.1 Å². The van der Waals surface area contributed by atoms with Crippen LogP contribution in [0.3, 0.4) is 0 Å². The van der Waals surface area contributed by atoms with Gasteiger partial charge < -0.3 is 10.4 Å². The first kappa shape index (κ1) is 15.4. The van der Waals surface area contributed by atoms with Crippen LogP contribution in [0.4, 0.5) is 0 Å². The van der Waals surface area contributed by atoms with Gasteiger partial charge >= 0.3 is 5.97 Å². The number of unbranched alkanes of at least 4 members (excludes halogenated alkanes) is 2. The van der Waals surface area contributed by atoms with Crippen LogP contribution in [0.5, 0.6) is 0 Å². The molecule has 0 fully saturated rings. The molecule has 0 aliphatic carbocycles. The number of aryl methyl sites for hydroxylation is 1. The topological polar surface area (TPSA) is 66.4 Å². The minimum atomic E-state index is -0.766. The number of thiophene rings is 1. The van der Waals surface area contributed by atoms with E-state index in [4.69, 9.17) is 5.11 Å². The normalized spacial score (nSPS) is 10.8. The maximum absolute atomic E-state index is 11.5. The van der Waals surface area contributed by atoms with E-state index in [-0.39, 0.29) is 12.3 Å². The molecule has 4 nitrogen and oxygen atoms in total. The van der Waals surface area contributed by atoms with Gasteiger partial charge in [0.25, 0.3) is 0 Å². The fraction of sp³-hybridized carbons (Fsp3) is 0.429. The highest BCUT2D eigenvalue weighted by molar-refractivity contribution is 7.12. The molecular weight excluding hydrogens is 262 g/mol. The van der Waals surface area contributed by atoms with E-state index in [0.717, 1.165) is 17.7 Å². The molecule has 2 N–H and O–H groups in total. The molecule has 104 valence electrons. The minimum absolute atomic E-state index is 0.107. The third kappa shape index (κ3) is 7.41. The first-order chi connectivity index (χ1) is 9.08. The molecule has 0 saturated carbocycles. The van der Waals surface area contributed by atoms with E-state index in [9.17, 15) is 9.59 Å². The number of carbonyl (C=O) groups is 2. The smallest absolute Gasteiger partial charge is 0.303 e. The van der Waals surface area contributed by atoms with Crippen LogP contribution in [0.25, 0.3) is 6.08 Å². The molecule has 0 bridgehead atoms. The summed E-state index contributed by atoms with van der Waals surface area (Å²) in [5.41, 5.74) is 0. The second-order valence-corrected chi connectivity index (χ2v) is 5.60. The monoisotopic (exact) mass is 281 g/mol. The van der Waals surface area contributed by atoms with Gasteiger partial charge in [-0.3, -0.25) is 9.59 Å². The molecule has 0 atom stereocenters. The SMILES string of the molecule is Cc1ccc(/C=C/C(=O)NCCCCCC(=O)O)s1. The number of aliphatic carboxylic acids is 1. The van der Waals surface area contributed by atoms with Crippen LogP contribution in [0.2, 0.25) is 0 Å². The van der Waals surface area contributed by atoms with Crippen molar-refractivity contribution in [3.05, 3.63) is 28.0 Å². The van der Waals surface area contributed by atoms with Crippen LogP contribution in [0, 0.1) is 6.92 Å². The van der Waals surface area contributed by atoms with Crippen molar-refractivity contribution in [3.8, 4) is 0 Å². The van der Waals surface area contributed by atoms with Crippen molar-refractivity contribution >= 4 is 29.3 Å². The molecule has 0 radical (unpaired) electrons. The summed E-state index contributed by atoms with van der Waals surface area (Å²) >= 11 is 1.64. The quantitative estimate of drug-likeness (QED) is 0.569. The molecule has 0 unspecified atom stereocenters. The second kappa shape index (κ2) is 8.48. The lowest BCUT2D eigenvalue weighted by molar-refractivity contribution is -0.137. The van der Waals surface area contributed by atoms with E-state index in [1.165, 1.54) is 11.0 Å². The maximum atomic E-state index is 11.5. The Labute approximate surface area is 117 Å². The van der Waals surface area contributed by atoms with Crippen LogP contribution in [0.1, 0.15) is 35.4 Å². The highest BCUT2D eigenvalue weighted by atomic mass is 32.1. The minimum Gasteiger partial charge on any atom is -0.481 e. The predicted molar refractivity (Wildman–Crippen MR) is 77.2 cm³/mol. The molecule has 0 aromatic carbocycles. The summed E-state index contributed by atoms with van der Waals surface area (Å²) < 4.78 is 0. The Balaban J connectivity index is 2.11. The Morgan fingerprint density at radius 2 is 2.11 bits per heavy atom. The number of rotatable bonds is 8. The lowest BCUT2D eigenvalue weighted by atomic mass is 10.2. The van der Waals surface area contributed by atoms with Crippen LogP contribution in [-0.4, -0.2) is 23.5 Å². The zero-order valence-corrected chi connectivity index (χ0v) is 11.8. The van der Waals surface area contributed by atoms with Crippen molar-refractivity contribution in [1.29, 1.82) is 0 Å². The summed E-state index contributed by atoms with van der Waals surface area (Å²) in [6.45, 7) is 2.62. The zero-order chi connectivity index (χ0) is 14.1. The molecule has 1 heterocycles.